The molecule has 0 spiro atoms. The van der Waals surface area contributed by atoms with Gasteiger partial charge in [0.25, 0.3) is 0 Å². The Morgan fingerprint density at radius 3 is 1.69 bits per heavy atom. The van der Waals surface area contributed by atoms with Crippen LogP contribution in [-0.4, -0.2) is 27.9 Å². The Kier molecular flexibility index (Phi) is 8.00. The number of hydrogen-bond donors (Lipinski definition) is 0. The van der Waals surface area contributed by atoms with Crippen LogP contribution in [0.4, 0.5) is 0 Å². The van der Waals surface area contributed by atoms with Crippen LogP contribution in [0.3, 0.4) is 0 Å². The molecule has 0 aliphatic heterocycles. The van der Waals surface area contributed by atoms with E-state index in [9.17, 15) is 17.8 Å². The molecular weight excluding hydrogens is 460 g/mol. The smallest absolute Gasteiger partial charge is 0.333 e. The van der Waals surface area contributed by atoms with E-state index in [4.69, 9.17) is 0 Å². The van der Waals surface area contributed by atoms with Gasteiger partial charge in [0.05, 0.1) is 27.2 Å². The van der Waals surface area contributed by atoms with Crippen molar-refractivity contribution >= 4 is 10.1 Å². The highest BCUT2D eigenvalue weighted by Crippen LogP contribution is 2.33. The Bertz CT molecular complexity index is 1390. The molecule has 1 heterocycles. The number of benzene rings is 3. The highest BCUT2D eigenvalue weighted by Gasteiger charge is 2.23. The summed E-state index contributed by atoms with van der Waals surface area (Å²) in [6.07, 6.45) is 3.50. The molecule has 0 aliphatic rings. The molecular formula is C28H29N2O4S-. The number of hydrogen-bond acceptors (Lipinski definition) is 4. The summed E-state index contributed by atoms with van der Waals surface area (Å²) in [6.45, 7) is 0.544. The van der Waals surface area contributed by atoms with Gasteiger partial charge in [-0.25, -0.2) is 13.2 Å². The number of rotatable bonds is 11. The van der Waals surface area contributed by atoms with Crippen LogP contribution in [0.25, 0.3) is 28.2 Å². The lowest BCUT2D eigenvalue weighted by Gasteiger charge is -2.12. The number of imidazole rings is 1. The van der Waals surface area contributed by atoms with Gasteiger partial charge in [-0.3, -0.25) is 9.13 Å². The minimum Gasteiger partial charge on any atom is -0.748 e. The third-order valence-electron chi connectivity index (χ3n) is 6.02. The number of aromatic nitrogens is 2. The predicted octanol–water partition coefficient (Wildman–Crippen LogP) is 5.47. The number of para-hydroxylation sites is 1. The summed E-state index contributed by atoms with van der Waals surface area (Å²) in [5, 5.41) is 0. The summed E-state index contributed by atoms with van der Waals surface area (Å²) in [5.41, 5.74) is 4.39. The van der Waals surface area contributed by atoms with Gasteiger partial charge in [0, 0.05) is 23.4 Å². The summed E-state index contributed by atoms with van der Waals surface area (Å²) in [4.78, 5) is 13.9. The largest absolute Gasteiger partial charge is 0.748 e. The zero-order chi connectivity index (χ0) is 24.7. The van der Waals surface area contributed by atoms with Crippen molar-refractivity contribution in [3.63, 3.8) is 0 Å². The molecule has 7 heteroatoms. The molecule has 1 aromatic heterocycles. The van der Waals surface area contributed by atoms with Gasteiger partial charge >= 0.3 is 5.69 Å². The summed E-state index contributed by atoms with van der Waals surface area (Å²) in [7, 11) is -4.15. The molecule has 4 rings (SSSR count). The molecule has 0 saturated heterocycles. The molecule has 0 saturated carbocycles. The molecule has 3 aromatic carbocycles. The Morgan fingerprint density at radius 1 is 0.629 bits per heavy atom. The highest BCUT2D eigenvalue weighted by molar-refractivity contribution is 7.85. The van der Waals surface area contributed by atoms with Gasteiger partial charge in [0.15, 0.2) is 0 Å². The molecule has 35 heavy (non-hydrogen) atoms. The van der Waals surface area contributed by atoms with Crippen LogP contribution in [0.5, 0.6) is 0 Å². The van der Waals surface area contributed by atoms with Gasteiger partial charge in [-0.05, 0) is 25.0 Å². The first-order valence-corrected chi connectivity index (χ1v) is 13.5. The normalized spacial score (nSPS) is 11.6. The first-order valence-electron chi connectivity index (χ1n) is 11.9. The number of unbranched alkanes of at least 4 members (excludes halogenated alkanes) is 4. The van der Waals surface area contributed by atoms with Gasteiger partial charge < -0.3 is 4.55 Å². The molecule has 0 bridgehead atoms. The van der Waals surface area contributed by atoms with E-state index in [1.165, 1.54) is 0 Å². The maximum atomic E-state index is 13.9. The fourth-order valence-electron chi connectivity index (χ4n) is 4.40. The fourth-order valence-corrected chi connectivity index (χ4v) is 4.96. The standard InChI is InChI=1S/C28H30N2O4S/c31-28-29(21-13-2-1-3-14-22-35(32,33)34)26(23-15-7-4-8-16-23)27(24-17-9-5-10-18-24)30(28)25-19-11-6-12-20-25/h4-12,15-20H,1-3,13-14,21-22H2,(H,32,33,34)/p-1. The van der Waals surface area contributed by atoms with Crippen LogP contribution in [0.2, 0.25) is 0 Å². The van der Waals surface area contributed by atoms with Gasteiger partial charge in [0.2, 0.25) is 0 Å². The molecule has 0 atom stereocenters. The summed E-state index contributed by atoms with van der Waals surface area (Å²) < 4.78 is 36.0. The van der Waals surface area contributed by atoms with Gasteiger partial charge in [-0.1, -0.05) is 98.1 Å². The third-order valence-corrected chi connectivity index (χ3v) is 6.81. The average Bonchev–Trinajstić information content (AvgIpc) is 3.16. The molecule has 0 amide bonds. The molecule has 0 unspecified atom stereocenters. The van der Waals surface area contributed by atoms with Crippen molar-refractivity contribution in [3.05, 3.63) is 101 Å². The maximum absolute atomic E-state index is 13.9. The predicted molar refractivity (Wildman–Crippen MR) is 139 cm³/mol. The Hall–Kier alpha value is -3.42. The zero-order valence-electron chi connectivity index (χ0n) is 19.5. The topological polar surface area (TPSA) is 84.1 Å². The van der Waals surface area contributed by atoms with Crippen molar-refractivity contribution in [2.75, 3.05) is 5.75 Å². The molecule has 4 aromatic rings. The molecule has 182 valence electrons. The summed E-state index contributed by atoms with van der Waals surface area (Å²) >= 11 is 0. The second-order valence-corrected chi connectivity index (χ2v) is 10.1. The van der Waals surface area contributed by atoms with Crippen molar-refractivity contribution in [3.8, 4) is 28.2 Å². The van der Waals surface area contributed by atoms with Crippen LogP contribution in [-0.2, 0) is 16.7 Å². The maximum Gasteiger partial charge on any atom is 0.333 e. The molecule has 0 fully saturated rings. The Morgan fingerprint density at radius 2 is 1.11 bits per heavy atom. The summed E-state index contributed by atoms with van der Waals surface area (Å²) in [5.74, 6) is -0.315. The lowest BCUT2D eigenvalue weighted by molar-refractivity contribution is 0.459. The minimum atomic E-state index is -4.15. The molecule has 0 radical (unpaired) electrons. The quantitative estimate of drug-likeness (QED) is 0.207. The highest BCUT2D eigenvalue weighted by atomic mass is 32.2. The van der Waals surface area contributed by atoms with Gasteiger partial charge in [-0.2, -0.15) is 0 Å². The molecule has 0 N–H and O–H groups in total. The van der Waals surface area contributed by atoms with Crippen molar-refractivity contribution in [2.45, 2.75) is 38.6 Å². The van der Waals surface area contributed by atoms with E-state index >= 15 is 0 Å². The first kappa shape index (κ1) is 24.7. The lowest BCUT2D eigenvalue weighted by Crippen LogP contribution is -2.24. The lowest BCUT2D eigenvalue weighted by atomic mass is 10.0. The van der Waals surface area contributed by atoms with Crippen molar-refractivity contribution < 1.29 is 13.0 Å². The third kappa shape index (κ3) is 6.18. The molecule has 6 nitrogen and oxygen atoms in total. The molecule has 0 aliphatic carbocycles. The Balaban J connectivity index is 1.71. The van der Waals surface area contributed by atoms with Gasteiger partial charge in [0.1, 0.15) is 0 Å². The SMILES string of the molecule is O=c1n(CCCCCCCS(=O)(=O)[O-])c(-c2ccccc2)c(-c2ccccc2)n1-c1ccccc1. The van der Waals surface area contributed by atoms with E-state index in [1.54, 1.807) is 4.57 Å². The van der Waals surface area contributed by atoms with Crippen molar-refractivity contribution in [1.29, 1.82) is 0 Å². The monoisotopic (exact) mass is 489 g/mol. The summed E-state index contributed by atoms with van der Waals surface area (Å²) in [6, 6.07) is 29.6. The van der Waals surface area contributed by atoms with Crippen LogP contribution in [0.15, 0.2) is 95.8 Å². The second-order valence-electron chi connectivity index (χ2n) is 8.56. The van der Waals surface area contributed by atoms with E-state index in [0.717, 1.165) is 47.5 Å². The van der Waals surface area contributed by atoms with Crippen LogP contribution in [0, 0.1) is 0 Å². The van der Waals surface area contributed by atoms with Crippen molar-refractivity contribution in [2.24, 2.45) is 0 Å². The van der Waals surface area contributed by atoms with Crippen molar-refractivity contribution in [1.82, 2.24) is 9.13 Å². The van der Waals surface area contributed by atoms with E-state index in [2.05, 4.69) is 0 Å². The van der Waals surface area contributed by atoms with Crippen LogP contribution >= 0.6 is 0 Å². The van der Waals surface area contributed by atoms with Gasteiger partial charge in [-0.15, -0.1) is 0 Å². The first-order chi connectivity index (χ1) is 17.0. The second kappa shape index (κ2) is 11.3. The van der Waals surface area contributed by atoms with E-state index in [1.807, 2.05) is 95.6 Å². The fraction of sp³-hybridized carbons (Fsp3) is 0.250. The van der Waals surface area contributed by atoms with Crippen LogP contribution < -0.4 is 5.69 Å². The van der Waals surface area contributed by atoms with Crippen LogP contribution in [0.1, 0.15) is 32.1 Å². The number of nitrogens with zero attached hydrogens (tertiary/aromatic N) is 2. The zero-order valence-corrected chi connectivity index (χ0v) is 20.4. The van der Waals surface area contributed by atoms with E-state index < -0.39 is 10.1 Å². The Labute approximate surface area is 206 Å². The van der Waals surface area contributed by atoms with E-state index in [-0.39, 0.29) is 11.4 Å². The van der Waals surface area contributed by atoms with E-state index in [0.29, 0.717) is 19.4 Å². The minimum absolute atomic E-state index is 0.0913. The average molecular weight is 490 g/mol.